The van der Waals surface area contributed by atoms with Crippen LogP contribution in [-0.2, 0) is 16.0 Å². The molecule has 1 N–H and O–H groups in total. The van der Waals surface area contributed by atoms with Crippen molar-refractivity contribution in [1.29, 1.82) is 0 Å². The molecule has 0 bridgehead atoms. The van der Waals surface area contributed by atoms with Crippen LogP contribution in [0.4, 0.5) is 13.6 Å². The molecule has 1 saturated heterocycles. The zero-order valence-corrected chi connectivity index (χ0v) is 18.6. The van der Waals surface area contributed by atoms with Gasteiger partial charge >= 0.3 is 6.09 Å². The highest BCUT2D eigenvalue weighted by Gasteiger charge is 2.37. The number of aromatic nitrogens is 1. The second-order valence-electron chi connectivity index (χ2n) is 8.98. The molecule has 0 saturated carbocycles. The number of likely N-dealkylation sites (tertiary alicyclic amines) is 1. The summed E-state index contributed by atoms with van der Waals surface area (Å²) in [4.78, 5) is 29.3. The molecule has 174 valence electrons. The van der Waals surface area contributed by atoms with Crippen LogP contribution in [0.3, 0.4) is 0 Å². The third-order valence-corrected chi connectivity index (χ3v) is 5.52. The van der Waals surface area contributed by atoms with Crippen molar-refractivity contribution in [1.82, 2.24) is 9.88 Å². The fourth-order valence-corrected chi connectivity index (χ4v) is 4.03. The maximum Gasteiger partial charge on any atom is 0.410 e. The molecule has 2 heterocycles. The highest BCUT2D eigenvalue weighted by atomic mass is 19.3. The molecule has 1 aromatic heterocycles. The lowest BCUT2D eigenvalue weighted by Gasteiger charge is -2.26. The maximum atomic E-state index is 13.5. The van der Waals surface area contributed by atoms with Gasteiger partial charge in [0.2, 0.25) is 0 Å². The van der Waals surface area contributed by atoms with Crippen LogP contribution in [-0.4, -0.2) is 52.7 Å². The number of halogens is 2. The smallest absolute Gasteiger partial charge is 0.410 e. The molecule has 2 aromatic rings. The number of pyridine rings is 1. The normalized spacial score (nSPS) is 18.9. The van der Waals surface area contributed by atoms with Crippen molar-refractivity contribution in [2.24, 2.45) is 5.92 Å². The van der Waals surface area contributed by atoms with Crippen molar-refractivity contribution in [3.05, 3.63) is 29.5 Å². The lowest BCUT2D eigenvalue weighted by Crippen LogP contribution is -2.40. The average Bonchev–Trinajstić information content (AvgIpc) is 3.14. The molecular formula is C23H28F2N2O5. The van der Waals surface area contributed by atoms with Gasteiger partial charge in [0.1, 0.15) is 29.1 Å². The summed E-state index contributed by atoms with van der Waals surface area (Å²) >= 11 is 0. The molecule has 0 spiro atoms. The summed E-state index contributed by atoms with van der Waals surface area (Å²) < 4.78 is 37.5. The van der Waals surface area contributed by atoms with Crippen molar-refractivity contribution in [3.8, 4) is 11.5 Å². The van der Waals surface area contributed by atoms with Gasteiger partial charge in [0.05, 0.1) is 18.7 Å². The van der Waals surface area contributed by atoms with Crippen LogP contribution in [0.1, 0.15) is 51.3 Å². The fourth-order valence-electron chi connectivity index (χ4n) is 4.03. The monoisotopic (exact) mass is 450 g/mol. The van der Waals surface area contributed by atoms with E-state index in [4.69, 9.17) is 9.47 Å². The molecule has 1 fully saturated rings. The topological polar surface area (TPSA) is 89.0 Å². The number of methoxy groups -OCH3 is 1. The molecule has 1 amide bonds. The average molecular weight is 450 g/mol. The predicted octanol–water partition coefficient (Wildman–Crippen LogP) is 4.64. The first-order valence-electron chi connectivity index (χ1n) is 10.5. The molecule has 0 radical (unpaired) electrons. The molecule has 2 atom stereocenters. The van der Waals surface area contributed by atoms with Gasteiger partial charge in [-0.05, 0) is 64.2 Å². The number of amides is 1. The zero-order chi connectivity index (χ0) is 23.6. The number of benzene rings is 1. The van der Waals surface area contributed by atoms with E-state index in [-0.39, 0.29) is 12.3 Å². The molecular weight excluding hydrogens is 422 g/mol. The van der Waals surface area contributed by atoms with Gasteiger partial charge in [0.25, 0.3) is 6.43 Å². The van der Waals surface area contributed by atoms with Gasteiger partial charge in [-0.1, -0.05) is 0 Å². The van der Waals surface area contributed by atoms with Crippen molar-refractivity contribution in [3.63, 3.8) is 0 Å². The molecule has 1 aliphatic rings. The Bertz CT molecular complexity index is 1010. The highest BCUT2D eigenvalue weighted by Crippen LogP contribution is 2.38. The maximum absolute atomic E-state index is 13.5. The van der Waals surface area contributed by atoms with Crippen LogP contribution in [0.5, 0.6) is 11.5 Å². The number of alkyl halides is 2. The van der Waals surface area contributed by atoms with Crippen molar-refractivity contribution in [2.45, 2.75) is 58.1 Å². The summed E-state index contributed by atoms with van der Waals surface area (Å²) in [5.74, 6) is -0.0710. The van der Waals surface area contributed by atoms with Gasteiger partial charge in [-0.3, -0.25) is 4.90 Å². The van der Waals surface area contributed by atoms with Crippen LogP contribution < -0.4 is 4.74 Å². The van der Waals surface area contributed by atoms with Gasteiger partial charge in [0, 0.05) is 17.5 Å². The van der Waals surface area contributed by atoms with Crippen LogP contribution >= 0.6 is 0 Å². The van der Waals surface area contributed by atoms with Crippen LogP contribution in [0.2, 0.25) is 0 Å². The minimum absolute atomic E-state index is 0.0547. The molecule has 32 heavy (non-hydrogen) atoms. The quantitative estimate of drug-likeness (QED) is 0.645. The van der Waals surface area contributed by atoms with Gasteiger partial charge in [-0.15, -0.1) is 0 Å². The molecule has 1 aliphatic heterocycles. The SMILES string of the molecule is COc1ccc2nc(C(F)F)c(O)c(CCC3CC(C=O)N(C(=O)OC(C)(C)C)C3)c2c1. The Balaban J connectivity index is 1.84. The largest absolute Gasteiger partial charge is 0.505 e. The standard InChI is InChI=1S/C23H28F2N2O5/c1-23(2,3)32-22(30)27-11-13(9-14(27)12-28)5-7-16-17-10-15(31-4)6-8-18(17)26-19(20(16)29)21(24)25/h6,8,10,12-14,21,29H,5,7,9,11H2,1-4H3. The number of aldehydes is 1. The first-order chi connectivity index (χ1) is 15.0. The Morgan fingerprint density at radius 2 is 2.09 bits per heavy atom. The lowest BCUT2D eigenvalue weighted by molar-refractivity contribution is -0.111. The van der Waals surface area contributed by atoms with Crippen molar-refractivity contribution in [2.75, 3.05) is 13.7 Å². The third kappa shape index (κ3) is 5.08. The van der Waals surface area contributed by atoms with Crippen molar-refractivity contribution < 1.29 is 33.0 Å². The molecule has 1 aromatic carbocycles. The number of aromatic hydroxyl groups is 1. The predicted molar refractivity (Wildman–Crippen MR) is 114 cm³/mol. The summed E-state index contributed by atoms with van der Waals surface area (Å²) in [7, 11) is 1.49. The Kier molecular flexibility index (Phi) is 6.85. The Labute approximate surface area is 185 Å². The highest BCUT2D eigenvalue weighted by molar-refractivity contribution is 5.86. The summed E-state index contributed by atoms with van der Waals surface area (Å²) in [5, 5.41) is 11.1. The minimum Gasteiger partial charge on any atom is -0.505 e. The fraction of sp³-hybridized carbons (Fsp3) is 0.522. The van der Waals surface area contributed by atoms with E-state index in [0.717, 1.165) is 6.29 Å². The molecule has 7 nitrogen and oxygen atoms in total. The zero-order valence-electron chi connectivity index (χ0n) is 18.6. The first kappa shape index (κ1) is 23.7. The number of carbonyl (C=O) groups excluding carboxylic acids is 2. The summed E-state index contributed by atoms with van der Waals surface area (Å²) in [6.45, 7) is 5.56. The number of hydrogen-bond acceptors (Lipinski definition) is 6. The Morgan fingerprint density at radius 1 is 1.38 bits per heavy atom. The molecule has 3 rings (SSSR count). The van der Waals surface area contributed by atoms with E-state index in [2.05, 4.69) is 4.98 Å². The minimum atomic E-state index is -2.92. The van der Waals surface area contributed by atoms with Gasteiger partial charge in [-0.25, -0.2) is 18.6 Å². The third-order valence-electron chi connectivity index (χ3n) is 5.52. The molecule has 0 aliphatic carbocycles. The van der Waals surface area contributed by atoms with E-state index in [9.17, 15) is 23.5 Å². The first-order valence-corrected chi connectivity index (χ1v) is 10.5. The van der Waals surface area contributed by atoms with E-state index in [1.807, 2.05) is 0 Å². The number of nitrogens with zero attached hydrogens (tertiary/aromatic N) is 2. The van der Waals surface area contributed by atoms with Crippen LogP contribution in [0.15, 0.2) is 18.2 Å². The van der Waals surface area contributed by atoms with E-state index in [1.54, 1.807) is 39.0 Å². The van der Waals surface area contributed by atoms with Crippen molar-refractivity contribution >= 4 is 23.3 Å². The van der Waals surface area contributed by atoms with E-state index in [1.165, 1.54) is 12.0 Å². The van der Waals surface area contributed by atoms with Crippen LogP contribution in [0.25, 0.3) is 10.9 Å². The Morgan fingerprint density at radius 3 is 2.69 bits per heavy atom. The van der Waals surface area contributed by atoms with E-state index in [0.29, 0.717) is 41.6 Å². The number of rotatable bonds is 6. The molecule has 9 heteroatoms. The van der Waals surface area contributed by atoms with Gasteiger partial charge < -0.3 is 19.4 Å². The van der Waals surface area contributed by atoms with Crippen LogP contribution in [0, 0.1) is 5.92 Å². The number of carbonyl (C=O) groups is 2. The second kappa shape index (κ2) is 9.26. The summed E-state index contributed by atoms with van der Waals surface area (Å²) in [5.41, 5.74) is -0.663. The van der Waals surface area contributed by atoms with E-state index >= 15 is 0 Å². The number of fused-ring (bicyclic) bond motifs is 1. The van der Waals surface area contributed by atoms with Gasteiger partial charge in [0.15, 0.2) is 0 Å². The Hall–Kier alpha value is -2.97. The molecule has 2 unspecified atom stereocenters. The number of aryl methyl sites for hydroxylation is 1. The second-order valence-corrected chi connectivity index (χ2v) is 8.98. The lowest BCUT2D eigenvalue weighted by atomic mass is 9.94. The number of hydrogen-bond donors (Lipinski definition) is 1. The summed E-state index contributed by atoms with van der Waals surface area (Å²) in [6.07, 6.45) is -1.56. The van der Waals surface area contributed by atoms with E-state index < -0.39 is 35.6 Å². The summed E-state index contributed by atoms with van der Waals surface area (Å²) in [6, 6.07) is 4.25. The van der Waals surface area contributed by atoms with Gasteiger partial charge in [-0.2, -0.15) is 0 Å². The number of ether oxygens (including phenoxy) is 2.